The molecular weight excluding hydrogens is 376 g/mol. The molecule has 31 heavy (non-hydrogen) atoms. The highest BCUT2D eigenvalue weighted by atomic mass is 16.3. The third kappa shape index (κ3) is 3.66. The summed E-state index contributed by atoms with van der Waals surface area (Å²) in [5.74, 6) is 5.12. The zero-order chi connectivity index (χ0) is 22.7. The minimum atomic E-state index is 0.356. The Labute approximate surface area is 194 Å². The van der Waals surface area contributed by atoms with Crippen molar-refractivity contribution < 1.29 is 5.11 Å². The minimum absolute atomic E-state index is 0.356. The van der Waals surface area contributed by atoms with Crippen molar-refractivity contribution in [1.82, 2.24) is 0 Å². The van der Waals surface area contributed by atoms with Crippen LogP contribution >= 0.6 is 0 Å². The van der Waals surface area contributed by atoms with Crippen LogP contribution in [0.3, 0.4) is 0 Å². The van der Waals surface area contributed by atoms with Crippen LogP contribution < -0.4 is 0 Å². The van der Waals surface area contributed by atoms with E-state index in [2.05, 4.69) is 48.5 Å². The SMILES string of the molecule is CC(CO)CCC[C@@H](C)[C@H]1CC[C@@]2(C)[C@H]1CC[C@@H]1[C@@]3(C)CCCC(C)(C)[C@@H]3CC[C@@]12C. The number of hydrogen-bond acceptors (Lipinski definition) is 1. The highest BCUT2D eigenvalue weighted by molar-refractivity contribution is 5.16. The van der Waals surface area contributed by atoms with Gasteiger partial charge >= 0.3 is 0 Å². The number of fused-ring (bicyclic) bond motifs is 5. The summed E-state index contributed by atoms with van der Waals surface area (Å²) in [5.41, 5.74) is 2.23. The molecule has 4 rings (SSSR count). The molecule has 0 radical (unpaired) electrons. The molecule has 0 aromatic heterocycles. The molecule has 0 aromatic rings. The molecule has 0 heterocycles. The van der Waals surface area contributed by atoms with Gasteiger partial charge in [-0.25, -0.2) is 0 Å². The molecule has 9 atom stereocenters. The van der Waals surface area contributed by atoms with E-state index in [1.165, 1.54) is 77.0 Å². The van der Waals surface area contributed by atoms with Gasteiger partial charge in [0.25, 0.3) is 0 Å². The highest BCUT2D eigenvalue weighted by Crippen LogP contribution is 2.75. The van der Waals surface area contributed by atoms with Crippen LogP contribution in [0.5, 0.6) is 0 Å². The average Bonchev–Trinajstić information content (AvgIpc) is 3.05. The molecule has 4 aliphatic carbocycles. The number of hydrogen-bond donors (Lipinski definition) is 1. The van der Waals surface area contributed by atoms with E-state index in [1.807, 2.05) is 0 Å². The molecule has 0 saturated heterocycles. The first-order chi connectivity index (χ1) is 14.5. The van der Waals surface area contributed by atoms with Gasteiger partial charge in [-0.05, 0) is 115 Å². The molecular formula is C30H54O. The maximum absolute atomic E-state index is 9.37. The standard InChI is InChI=1S/C30H54O/c1-21(20-31)10-8-11-22(2)23-14-18-29(6)24(23)12-13-26-28(5)17-9-16-27(3,4)25(28)15-19-30(26,29)7/h21-26,31H,8-20H2,1-7H3/t21?,22-,23-,24+,25+,26-,28+,29+,30+/m1/s1. The molecule has 4 saturated carbocycles. The highest BCUT2D eigenvalue weighted by Gasteiger charge is 2.67. The summed E-state index contributed by atoms with van der Waals surface area (Å²) >= 11 is 0. The van der Waals surface area contributed by atoms with Gasteiger partial charge in [0.15, 0.2) is 0 Å². The van der Waals surface area contributed by atoms with Gasteiger partial charge in [0.1, 0.15) is 0 Å². The third-order valence-corrected chi connectivity index (χ3v) is 12.6. The molecule has 4 fully saturated rings. The van der Waals surface area contributed by atoms with Crippen LogP contribution in [0.25, 0.3) is 0 Å². The quantitative estimate of drug-likeness (QED) is 0.448. The van der Waals surface area contributed by atoms with Gasteiger partial charge in [-0.15, -0.1) is 0 Å². The molecule has 1 unspecified atom stereocenters. The topological polar surface area (TPSA) is 20.2 Å². The van der Waals surface area contributed by atoms with Gasteiger partial charge in [-0.1, -0.05) is 67.7 Å². The molecule has 1 nitrogen and oxygen atoms in total. The third-order valence-electron chi connectivity index (χ3n) is 12.6. The van der Waals surface area contributed by atoms with E-state index in [0.717, 1.165) is 29.6 Å². The van der Waals surface area contributed by atoms with Crippen molar-refractivity contribution in [1.29, 1.82) is 0 Å². The van der Waals surface area contributed by atoms with E-state index in [-0.39, 0.29) is 0 Å². The van der Waals surface area contributed by atoms with Crippen molar-refractivity contribution in [3.8, 4) is 0 Å². The molecule has 0 bridgehead atoms. The Kier molecular flexibility index (Phi) is 6.47. The first-order valence-corrected chi connectivity index (χ1v) is 14.1. The molecule has 0 aromatic carbocycles. The zero-order valence-electron chi connectivity index (χ0n) is 22.1. The van der Waals surface area contributed by atoms with Crippen molar-refractivity contribution in [2.75, 3.05) is 6.61 Å². The van der Waals surface area contributed by atoms with Gasteiger partial charge in [-0.3, -0.25) is 0 Å². The molecule has 1 heteroatoms. The van der Waals surface area contributed by atoms with Crippen molar-refractivity contribution in [2.45, 2.75) is 126 Å². The van der Waals surface area contributed by atoms with E-state index in [4.69, 9.17) is 0 Å². The summed E-state index contributed by atoms with van der Waals surface area (Å²) in [6.45, 7) is 18.6. The van der Waals surface area contributed by atoms with Gasteiger partial charge in [0, 0.05) is 6.61 Å². The predicted octanol–water partition coefficient (Wildman–Crippen LogP) is 8.50. The van der Waals surface area contributed by atoms with Crippen LogP contribution in [0.15, 0.2) is 0 Å². The predicted molar refractivity (Wildman–Crippen MR) is 133 cm³/mol. The van der Waals surface area contributed by atoms with Crippen LogP contribution in [0.2, 0.25) is 0 Å². The first-order valence-electron chi connectivity index (χ1n) is 14.1. The molecule has 0 amide bonds. The summed E-state index contributed by atoms with van der Waals surface area (Å²) in [6.07, 6.45) is 17.2. The summed E-state index contributed by atoms with van der Waals surface area (Å²) in [7, 11) is 0. The summed E-state index contributed by atoms with van der Waals surface area (Å²) in [6, 6.07) is 0. The Morgan fingerprint density at radius 3 is 2.19 bits per heavy atom. The van der Waals surface area contributed by atoms with E-state index in [9.17, 15) is 5.11 Å². The smallest absolute Gasteiger partial charge is 0.0456 e. The van der Waals surface area contributed by atoms with Crippen LogP contribution in [-0.2, 0) is 0 Å². The Bertz CT molecular complexity index is 638. The lowest BCUT2D eigenvalue weighted by atomic mass is 9.35. The molecule has 0 aliphatic heterocycles. The van der Waals surface area contributed by atoms with Crippen molar-refractivity contribution in [2.24, 2.45) is 57.2 Å². The number of rotatable bonds is 6. The van der Waals surface area contributed by atoms with E-state index >= 15 is 0 Å². The Balaban J connectivity index is 1.52. The molecule has 0 spiro atoms. The second kappa shape index (κ2) is 8.32. The maximum atomic E-state index is 9.37. The van der Waals surface area contributed by atoms with E-state index in [0.29, 0.717) is 34.2 Å². The van der Waals surface area contributed by atoms with Gasteiger partial charge in [0.2, 0.25) is 0 Å². The lowest BCUT2D eigenvalue weighted by molar-refractivity contribution is -0.203. The van der Waals surface area contributed by atoms with E-state index in [1.54, 1.807) is 0 Å². The summed E-state index contributed by atoms with van der Waals surface area (Å²) < 4.78 is 0. The lowest BCUT2D eigenvalue weighted by Gasteiger charge is -2.69. The van der Waals surface area contributed by atoms with Gasteiger partial charge < -0.3 is 5.11 Å². The van der Waals surface area contributed by atoms with Gasteiger partial charge in [-0.2, -0.15) is 0 Å². The van der Waals surface area contributed by atoms with Crippen LogP contribution in [0.4, 0.5) is 0 Å². The van der Waals surface area contributed by atoms with Crippen LogP contribution in [0, 0.1) is 57.2 Å². The van der Waals surface area contributed by atoms with Crippen LogP contribution in [0.1, 0.15) is 126 Å². The zero-order valence-corrected chi connectivity index (χ0v) is 22.1. The monoisotopic (exact) mass is 430 g/mol. The van der Waals surface area contributed by atoms with Crippen molar-refractivity contribution >= 4 is 0 Å². The van der Waals surface area contributed by atoms with Gasteiger partial charge in [0.05, 0.1) is 0 Å². The summed E-state index contributed by atoms with van der Waals surface area (Å²) in [5, 5.41) is 9.37. The molecule has 1 N–H and O–H groups in total. The van der Waals surface area contributed by atoms with Crippen LogP contribution in [-0.4, -0.2) is 11.7 Å². The number of aliphatic hydroxyl groups excluding tert-OH is 1. The lowest BCUT2D eigenvalue weighted by Crippen LogP contribution is -2.62. The van der Waals surface area contributed by atoms with E-state index < -0.39 is 0 Å². The number of aliphatic hydroxyl groups is 1. The Hall–Kier alpha value is -0.0400. The Morgan fingerprint density at radius 1 is 0.774 bits per heavy atom. The van der Waals surface area contributed by atoms with Crippen molar-refractivity contribution in [3.05, 3.63) is 0 Å². The van der Waals surface area contributed by atoms with Crippen molar-refractivity contribution in [3.63, 3.8) is 0 Å². The molecule has 180 valence electrons. The summed E-state index contributed by atoms with van der Waals surface area (Å²) in [4.78, 5) is 0. The maximum Gasteiger partial charge on any atom is 0.0456 e. The minimum Gasteiger partial charge on any atom is -0.396 e. The molecule has 4 aliphatic rings. The second-order valence-corrected chi connectivity index (χ2v) is 14.4. The largest absolute Gasteiger partial charge is 0.396 e. The second-order valence-electron chi connectivity index (χ2n) is 14.4. The fourth-order valence-electron chi connectivity index (χ4n) is 10.7. The fraction of sp³-hybridized carbons (Fsp3) is 1.00. The fourth-order valence-corrected chi connectivity index (χ4v) is 10.7. The first kappa shape index (κ1) is 24.1. The Morgan fingerprint density at radius 2 is 1.48 bits per heavy atom. The normalized spacial score (nSPS) is 48.4. The average molecular weight is 431 g/mol.